The van der Waals surface area contributed by atoms with E-state index in [0.717, 1.165) is 50.1 Å². The van der Waals surface area contributed by atoms with Gasteiger partial charge in [-0.2, -0.15) is 0 Å². The summed E-state index contributed by atoms with van der Waals surface area (Å²) >= 11 is 0. The summed E-state index contributed by atoms with van der Waals surface area (Å²) in [7, 11) is 0. The van der Waals surface area contributed by atoms with Crippen molar-refractivity contribution in [3.05, 3.63) is 29.8 Å². The Morgan fingerprint density at radius 1 is 1.09 bits per heavy atom. The second-order valence-corrected chi connectivity index (χ2v) is 5.67. The Labute approximate surface area is 134 Å². The largest absolute Gasteiger partial charge is 0.388 e. The Balaban J connectivity index is 2.50. The number of aliphatic hydroxyl groups excluding tert-OH is 1. The Hall–Kier alpha value is -1.39. The van der Waals surface area contributed by atoms with Crippen molar-refractivity contribution >= 4 is 11.6 Å². The van der Waals surface area contributed by atoms with Gasteiger partial charge in [0.15, 0.2) is 0 Å². The number of aliphatic hydroxyl groups is 1. The molecule has 1 aromatic carbocycles. The number of hydrogen-bond donors (Lipinski definition) is 2. The third kappa shape index (κ3) is 6.58. The highest BCUT2D eigenvalue weighted by Crippen LogP contribution is 2.19. The van der Waals surface area contributed by atoms with Crippen LogP contribution in [-0.4, -0.2) is 35.5 Å². The lowest BCUT2D eigenvalue weighted by Gasteiger charge is -2.22. The predicted molar refractivity (Wildman–Crippen MR) is 92.0 cm³/mol. The molecule has 0 bridgehead atoms. The van der Waals surface area contributed by atoms with Gasteiger partial charge in [0.1, 0.15) is 0 Å². The predicted octanol–water partition coefficient (Wildman–Crippen LogP) is 3.58. The van der Waals surface area contributed by atoms with Crippen LogP contribution < -0.4 is 5.32 Å². The van der Waals surface area contributed by atoms with Crippen LogP contribution in [-0.2, 0) is 4.79 Å². The maximum absolute atomic E-state index is 11.3. The monoisotopic (exact) mass is 306 g/mol. The molecule has 124 valence electrons. The van der Waals surface area contributed by atoms with E-state index in [1.807, 2.05) is 31.2 Å². The van der Waals surface area contributed by atoms with Crippen LogP contribution >= 0.6 is 0 Å². The molecule has 0 radical (unpaired) electrons. The van der Waals surface area contributed by atoms with Crippen molar-refractivity contribution in [1.29, 1.82) is 0 Å². The average molecular weight is 306 g/mol. The molecule has 4 nitrogen and oxygen atoms in total. The van der Waals surface area contributed by atoms with Crippen molar-refractivity contribution < 1.29 is 9.90 Å². The van der Waals surface area contributed by atoms with E-state index in [2.05, 4.69) is 24.1 Å². The second-order valence-electron chi connectivity index (χ2n) is 5.67. The fourth-order valence-corrected chi connectivity index (χ4v) is 2.48. The highest BCUT2D eigenvalue weighted by atomic mass is 16.3. The Morgan fingerprint density at radius 3 is 2.18 bits per heavy atom. The summed E-state index contributed by atoms with van der Waals surface area (Å²) < 4.78 is 0. The summed E-state index contributed by atoms with van der Waals surface area (Å²) in [6.07, 6.45) is 3.03. The van der Waals surface area contributed by atoms with E-state index in [4.69, 9.17) is 0 Å². The third-order valence-electron chi connectivity index (χ3n) is 3.70. The number of carbonyl (C=O) groups is 1. The Bertz CT molecular complexity index is 425. The summed E-state index contributed by atoms with van der Waals surface area (Å²) in [5, 5.41) is 13.1. The van der Waals surface area contributed by atoms with Crippen molar-refractivity contribution in [2.75, 3.05) is 25.0 Å². The van der Waals surface area contributed by atoms with E-state index in [-0.39, 0.29) is 5.91 Å². The normalized spacial score (nSPS) is 12.4. The second kappa shape index (κ2) is 10.4. The molecule has 0 aliphatic rings. The van der Waals surface area contributed by atoms with Gasteiger partial charge in [-0.15, -0.1) is 0 Å². The molecule has 1 atom stereocenters. The molecule has 1 unspecified atom stereocenters. The fourth-order valence-electron chi connectivity index (χ4n) is 2.48. The van der Waals surface area contributed by atoms with E-state index in [1.54, 1.807) is 0 Å². The highest BCUT2D eigenvalue weighted by molar-refractivity contribution is 5.90. The van der Waals surface area contributed by atoms with E-state index in [0.29, 0.717) is 6.42 Å². The van der Waals surface area contributed by atoms with Crippen LogP contribution in [0, 0.1) is 0 Å². The molecule has 0 aliphatic carbocycles. The summed E-state index contributed by atoms with van der Waals surface area (Å²) in [6, 6.07) is 7.48. The minimum Gasteiger partial charge on any atom is -0.388 e. The maximum Gasteiger partial charge on any atom is 0.224 e. The quantitative estimate of drug-likeness (QED) is 0.694. The number of nitrogens with one attached hydrogen (secondary N) is 1. The van der Waals surface area contributed by atoms with Gasteiger partial charge in [0.25, 0.3) is 0 Å². The molecule has 22 heavy (non-hydrogen) atoms. The zero-order valence-corrected chi connectivity index (χ0v) is 14.1. The van der Waals surface area contributed by atoms with Gasteiger partial charge in [-0.25, -0.2) is 0 Å². The van der Waals surface area contributed by atoms with E-state index < -0.39 is 6.10 Å². The Morgan fingerprint density at radius 2 is 1.68 bits per heavy atom. The minimum atomic E-state index is -0.452. The van der Waals surface area contributed by atoms with Gasteiger partial charge in [-0.1, -0.05) is 32.9 Å². The van der Waals surface area contributed by atoms with Crippen LogP contribution in [0.4, 0.5) is 5.69 Å². The van der Waals surface area contributed by atoms with Crippen molar-refractivity contribution in [2.45, 2.75) is 52.6 Å². The zero-order valence-electron chi connectivity index (χ0n) is 14.1. The zero-order chi connectivity index (χ0) is 16.4. The number of nitrogens with zero attached hydrogens (tertiary/aromatic N) is 1. The number of hydrogen-bond acceptors (Lipinski definition) is 3. The maximum atomic E-state index is 11.3. The molecule has 1 aromatic rings. The van der Waals surface area contributed by atoms with Crippen molar-refractivity contribution in [3.63, 3.8) is 0 Å². The first-order valence-corrected chi connectivity index (χ1v) is 8.40. The van der Waals surface area contributed by atoms with Gasteiger partial charge in [-0.3, -0.25) is 4.79 Å². The SMILES string of the molecule is CCCN(CCC)CCC(O)c1ccc(NC(=O)CC)cc1. The summed E-state index contributed by atoms with van der Waals surface area (Å²) in [5.41, 5.74) is 1.68. The number of amides is 1. The van der Waals surface area contributed by atoms with Crippen molar-refractivity contribution in [3.8, 4) is 0 Å². The van der Waals surface area contributed by atoms with Crippen molar-refractivity contribution in [2.24, 2.45) is 0 Å². The van der Waals surface area contributed by atoms with Gasteiger partial charge in [0.2, 0.25) is 5.91 Å². The Kier molecular flexibility index (Phi) is 8.78. The smallest absolute Gasteiger partial charge is 0.224 e. The van der Waals surface area contributed by atoms with Gasteiger partial charge in [-0.05, 0) is 50.0 Å². The molecule has 0 spiro atoms. The standard InChI is InChI=1S/C18H30N2O2/c1-4-12-20(13-5-2)14-11-17(21)15-7-9-16(10-8-15)19-18(22)6-3/h7-10,17,21H,4-6,11-14H2,1-3H3,(H,19,22). The fraction of sp³-hybridized carbons (Fsp3) is 0.611. The van der Waals surface area contributed by atoms with E-state index in [1.165, 1.54) is 0 Å². The number of anilines is 1. The minimum absolute atomic E-state index is 0.00284. The first-order valence-electron chi connectivity index (χ1n) is 8.40. The molecule has 4 heteroatoms. The van der Waals surface area contributed by atoms with Crippen LogP contribution in [0.15, 0.2) is 24.3 Å². The molecule has 0 saturated heterocycles. The average Bonchev–Trinajstić information content (AvgIpc) is 2.53. The lowest BCUT2D eigenvalue weighted by molar-refractivity contribution is -0.115. The van der Waals surface area contributed by atoms with Crippen LogP contribution in [0.2, 0.25) is 0 Å². The van der Waals surface area contributed by atoms with E-state index >= 15 is 0 Å². The van der Waals surface area contributed by atoms with Crippen molar-refractivity contribution in [1.82, 2.24) is 4.90 Å². The summed E-state index contributed by atoms with van der Waals surface area (Å²) in [6.45, 7) is 9.28. The molecule has 0 aliphatic heterocycles. The van der Waals surface area contributed by atoms with Gasteiger partial charge < -0.3 is 15.3 Å². The molecule has 0 fully saturated rings. The van der Waals surface area contributed by atoms with Crippen LogP contribution in [0.5, 0.6) is 0 Å². The summed E-state index contributed by atoms with van der Waals surface area (Å²) in [5.74, 6) is 0.00284. The lowest BCUT2D eigenvalue weighted by Crippen LogP contribution is -2.27. The first-order chi connectivity index (χ1) is 10.6. The first kappa shape index (κ1) is 18.7. The van der Waals surface area contributed by atoms with Gasteiger partial charge in [0, 0.05) is 18.7 Å². The van der Waals surface area contributed by atoms with Crippen LogP contribution in [0.25, 0.3) is 0 Å². The van der Waals surface area contributed by atoms with Crippen LogP contribution in [0.3, 0.4) is 0 Å². The van der Waals surface area contributed by atoms with Gasteiger partial charge >= 0.3 is 0 Å². The lowest BCUT2D eigenvalue weighted by atomic mass is 10.1. The molecule has 0 heterocycles. The van der Waals surface area contributed by atoms with Crippen LogP contribution in [0.1, 0.15) is 58.1 Å². The molecule has 1 rings (SSSR count). The molecule has 0 aromatic heterocycles. The number of benzene rings is 1. The summed E-state index contributed by atoms with van der Waals surface area (Å²) in [4.78, 5) is 13.7. The molecular weight excluding hydrogens is 276 g/mol. The molecular formula is C18H30N2O2. The van der Waals surface area contributed by atoms with Gasteiger partial charge in [0.05, 0.1) is 6.10 Å². The molecule has 2 N–H and O–H groups in total. The third-order valence-corrected chi connectivity index (χ3v) is 3.70. The molecule has 0 saturated carbocycles. The topological polar surface area (TPSA) is 52.6 Å². The van der Waals surface area contributed by atoms with E-state index in [9.17, 15) is 9.90 Å². The number of rotatable bonds is 10. The number of carbonyl (C=O) groups excluding carboxylic acids is 1. The highest BCUT2D eigenvalue weighted by Gasteiger charge is 2.10. The molecule has 1 amide bonds.